The number of benzene rings is 4. The first kappa shape index (κ1) is 31.1. The van der Waals surface area contributed by atoms with Gasteiger partial charge in [-0.2, -0.15) is 0 Å². The van der Waals surface area contributed by atoms with Gasteiger partial charge in [0.25, 0.3) is 10.0 Å². The number of nitrogens with zero attached hydrogens (tertiary/aromatic N) is 2. The predicted octanol–water partition coefficient (Wildman–Crippen LogP) is 5.15. The summed E-state index contributed by atoms with van der Waals surface area (Å²) in [5.41, 5.74) is 1.88. The third kappa shape index (κ3) is 7.72. The van der Waals surface area contributed by atoms with E-state index >= 15 is 0 Å². The molecule has 4 aromatic rings. The molecule has 0 aliphatic rings. The first-order valence-electron chi connectivity index (χ1n) is 13.7. The van der Waals surface area contributed by atoms with Gasteiger partial charge < -0.3 is 19.7 Å². The van der Waals surface area contributed by atoms with Gasteiger partial charge in [-0.1, -0.05) is 48.0 Å². The van der Waals surface area contributed by atoms with E-state index in [1.807, 2.05) is 43.3 Å². The minimum atomic E-state index is -4.18. The number of sulfonamides is 1. The van der Waals surface area contributed by atoms with Gasteiger partial charge in [-0.05, 0) is 80.1 Å². The van der Waals surface area contributed by atoms with Crippen LogP contribution in [-0.2, 0) is 26.2 Å². The van der Waals surface area contributed by atoms with Crippen molar-refractivity contribution in [1.29, 1.82) is 0 Å². The average Bonchev–Trinajstić information content (AvgIpc) is 3.03. The zero-order valence-electron chi connectivity index (χ0n) is 24.6. The fraction of sp³-hybridized carbons (Fsp3) is 0.212. The number of ether oxygens (including phenoxy) is 2. The van der Waals surface area contributed by atoms with Gasteiger partial charge >= 0.3 is 0 Å². The average molecular weight is 602 g/mol. The number of nitrogens with one attached hydrogen (secondary N) is 1. The molecule has 1 atom stereocenters. The van der Waals surface area contributed by atoms with Crippen LogP contribution >= 0.6 is 0 Å². The lowest BCUT2D eigenvalue weighted by molar-refractivity contribution is -0.139. The Labute approximate surface area is 252 Å². The second-order valence-corrected chi connectivity index (χ2v) is 11.8. The van der Waals surface area contributed by atoms with Gasteiger partial charge in [0.2, 0.25) is 11.8 Å². The Morgan fingerprint density at radius 1 is 0.837 bits per heavy atom. The Hall–Kier alpha value is -4.83. The Morgan fingerprint density at radius 2 is 1.47 bits per heavy atom. The molecule has 4 aromatic carbocycles. The summed E-state index contributed by atoms with van der Waals surface area (Å²) in [6, 6.07) is 28.3. The summed E-state index contributed by atoms with van der Waals surface area (Å²) >= 11 is 0. The lowest BCUT2D eigenvalue weighted by atomic mass is 10.1. The topological polar surface area (TPSA) is 105 Å². The van der Waals surface area contributed by atoms with Crippen molar-refractivity contribution in [2.75, 3.05) is 25.0 Å². The SMILES string of the molecule is CNC(=O)[C@H](C)N(Cc1cccc(OC)c1)C(=O)CN(c1ccc(Oc2ccccc2)cc1)S(=O)(=O)c1ccc(C)cc1. The summed E-state index contributed by atoms with van der Waals surface area (Å²) in [6.45, 7) is 2.98. The molecule has 1 N–H and O–H groups in total. The zero-order chi connectivity index (χ0) is 31.0. The fourth-order valence-corrected chi connectivity index (χ4v) is 5.84. The molecule has 0 aromatic heterocycles. The van der Waals surface area contributed by atoms with Gasteiger partial charge in [0, 0.05) is 13.6 Å². The lowest BCUT2D eigenvalue weighted by Gasteiger charge is -2.32. The third-order valence-corrected chi connectivity index (χ3v) is 8.68. The molecule has 0 spiro atoms. The maximum atomic E-state index is 14.0. The molecule has 0 heterocycles. The number of hydrogen-bond donors (Lipinski definition) is 1. The highest BCUT2D eigenvalue weighted by Crippen LogP contribution is 2.29. The van der Waals surface area contributed by atoms with Crippen molar-refractivity contribution >= 4 is 27.5 Å². The van der Waals surface area contributed by atoms with Crippen LogP contribution in [0.15, 0.2) is 108 Å². The molecule has 9 nitrogen and oxygen atoms in total. The van der Waals surface area contributed by atoms with E-state index in [4.69, 9.17) is 9.47 Å². The molecule has 0 saturated carbocycles. The normalized spacial score (nSPS) is 11.7. The van der Waals surface area contributed by atoms with Gasteiger partial charge in [-0.3, -0.25) is 13.9 Å². The summed E-state index contributed by atoms with van der Waals surface area (Å²) in [5, 5.41) is 2.58. The number of methoxy groups -OCH3 is 1. The number of anilines is 1. The van der Waals surface area contributed by atoms with Crippen molar-refractivity contribution in [1.82, 2.24) is 10.2 Å². The van der Waals surface area contributed by atoms with Crippen LogP contribution in [0.1, 0.15) is 18.1 Å². The largest absolute Gasteiger partial charge is 0.497 e. The molecule has 0 aliphatic carbocycles. The predicted molar refractivity (Wildman–Crippen MR) is 166 cm³/mol. The fourth-order valence-electron chi connectivity index (χ4n) is 4.43. The Morgan fingerprint density at radius 3 is 2.09 bits per heavy atom. The Bertz CT molecular complexity index is 1640. The van der Waals surface area contributed by atoms with Crippen molar-refractivity contribution in [2.24, 2.45) is 0 Å². The Balaban J connectivity index is 1.70. The monoisotopic (exact) mass is 601 g/mol. The highest BCUT2D eigenvalue weighted by atomic mass is 32.2. The van der Waals surface area contributed by atoms with Crippen LogP contribution in [0.2, 0.25) is 0 Å². The summed E-state index contributed by atoms with van der Waals surface area (Å²) < 4.78 is 40.3. The van der Waals surface area contributed by atoms with E-state index in [9.17, 15) is 18.0 Å². The first-order chi connectivity index (χ1) is 20.6. The van der Waals surface area contributed by atoms with E-state index in [1.54, 1.807) is 68.6 Å². The number of para-hydroxylation sites is 1. The molecular formula is C33H35N3O6S. The van der Waals surface area contributed by atoms with E-state index in [2.05, 4.69) is 5.32 Å². The molecule has 0 unspecified atom stereocenters. The zero-order valence-corrected chi connectivity index (χ0v) is 25.4. The van der Waals surface area contributed by atoms with Crippen LogP contribution in [0.25, 0.3) is 0 Å². The number of hydrogen-bond acceptors (Lipinski definition) is 6. The second-order valence-electron chi connectivity index (χ2n) is 9.90. The molecule has 0 saturated heterocycles. The third-order valence-electron chi connectivity index (χ3n) is 6.89. The van der Waals surface area contributed by atoms with Gasteiger partial charge in [-0.15, -0.1) is 0 Å². The standard InChI is InChI=1S/C33H35N3O6S/c1-24-13-19-31(20-14-24)43(39,40)36(27-15-17-29(18-16-27)42-28-10-6-5-7-11-28)23-32(37)35(25(2)33(38)34-3)22-26-9-8-12-30(21-26)41-4/h5-21,25H,22-23H2,1-4H3,(H,34,38)/t25-/m0/s1. The van der Waals surface area contributed by atoms with Gasteiger partial charge in [0.05, 0.1) is 17.7 Å². The van der Waals surface area contributed by atoms with Crippen molar-refractivity contribution in [2.45, 2.75) is 31.3 Å². The molecule has 43 heavy (non-hydrogen) atoms. The van der Waals surface area contributed by atoms with Crippen LogP contribution in [0.5, 0.6) is 17.2 Å². The van der Waals surface area contributed by atoms with Gasteiger partial charge in [-0.25, -0.2) is 8.42 Å². The van der Waals surface area contributed by atoms with Crippen LogP contribution in [0, 0.1) is 6.92 Å². The molecule has 10 heteroatoms. The van der Waals surface area contributed by atoms with Gasteiger partial charge in [0.1, 0.15) is 29.8 Å². The Kier molecular flexibility index (Phi) is 10.0. The second kappa shape index (κ2) is 13.9. The summed E-state index contributed by atoms with van der Waals surface area (Å²) in [7, 11) is -1.15. The van der Waals surface area contributed by atoms with Crippen molar-refractivity contribution in [3.63, 3.8) is 0 Å². The van der Waals surface area contributed by atoms with Crippen molar-refractivity contribution < 1.29 is 27.5 Å². The van der Waals surface area contributed by atoms with E-state index < -0.39 is 28.5 Å². The minimum absolute atomic E-state index is 0.0363. The number of likely N-dealkylation sites (N-methyl/N-ethyl adjacent to an activating group) is 1. The van der Waals surface area contributed by atoms with Crippen molar-refractivity contribution in [3.05, 3.63) is 114 Å². The van der Waals surface area contributed by atoms with E-state index in [0.29, 0.717) is 17.2 Å². The summed E-state index contributed by atoms with van der Waals surface area (Å²) in [6.07, 6.45) is 0. The molecule has 0 aliphatic heterocycles. The highest BCUT2D eigenvalue weighted by Gasteiger charge is 2.32. The highest BCUT2D eigenvalue weighted by molar-refractivity contribution is 7.92. The maximum absolute atomic E-state index is 14.0. The van der Waals surface area contributed by atoms with Crippen LogP contribution in [0.3, 0.4) is 0 Å². The van der Waals surface area contributed by atoms with E-state index in [0.717, 1.165) is 15.4 Å². The molecular weight excluding hydrogens is 566 g/mol. The number of carbonyl (C=O) groups is 2. The van der Waals surface area contributed by atoms with Gasteiger partial charge in [0.15, 0.2) is 0 Å². The van der Waals surface area contributed by atoms with E-state index in [-0.39, 0.29) is 23.0 Å². The van der Waals surface area contributed by atoms with Crippen molar-refractivity contribution in [3.8, 4) is 17.2 Å². The van der Waals surface area contributed by atoms with Crippen LogP contribution in [0.4, 0.5) is 5.69 Å². The maximum Gasteiger partial charge on any atom is 0.264 e. The molecule has 224 valence electrons. The molecule has 4 rings (SSSR count). The van der Waals surface area contributed by atoms with Crippen LogP contribution in [-0.4, -0.2) is 51.9 Å². The molecule has 0 radical (unpaired) electrons. The lowest BCUT2D eigenvalue weighted by Crippen LogP contribution is -2.50. The molecule has 2 amide bonds. The smallest absolute Gasteiger partial charge is 0.264 e. The summed E-state index contributed by atoms with van der Waals surface area (Å²) in [4.78, 5) is 28.1. The summed E-state index contributed by atoms with van der Waals surface area (Å²) in [5.74, 6) is 0.789. The number of aryl methyl sites for hydroxylation is 1. The first-order valence-corrected chi connectivity index (χ1v) is 15.1. The minimum Gasteiger partial charge on any atom is -0.497 e. The van der Waals surface area contributed by atoms with Crippen LogP contribution < -0.4 is 19.1 Å². The quantitative estimate of drug-likeness (QED) is 0.241. The molecule has 0 fully saturated rings. The molecule has 0 bridgehead atoms. The number of amides is 2. The van der Waals surface area contributed by atoms with E-state index in [1.165, 1.54) is 24.1 Å². The number of carbonyl (C=O) groups excluding carboxylic acids is 2. The number of rotatable bonds is 12.